The zero-order chi connectivity index (χ0) is 19.9. The van der Waals surface area contributed by atoms with Crippen LogP contribution in [0.3, 0.4) is 0 Å². The summed E-state index contributed by atoms with van der Waals surface area (Å²) in [4.78, 5) is 14.8. The van der Waals surface area contributed by atoms with Crippen LogP contribution in [0.1, 0.15) is 21.6 Å². The number of rotatable bonds is 8. The van der Waals surface area contributed by atoms with E-state index in [1.54, 1.807) is 18.1 Å². The molecule has 0 aliphatic heterocycles. The average Bonchev–Trinajstić information content (AvgIpc) is 3.14. The molecule has 0 aliphatic rings. The minimum atomic E-state index is -0.0182. The van der Waals surface area contributed by atoms with E-state index < -0.39 is 0 Å². The molecule has 1 amide bonds. The molecule has 5 heteroatoms. The van der Waals surface area contributed by atoms with E-state index in [1.807, 2.05) is 60.8 Å². The Kier molecular flexibility index (Phi) is 6.71. The van der Waals surface area contributed by atoms with Gasteiger partial charge >= 0.3 is 0 Å². The summed E-state index contributed by atoms with van der Waals surface area (Å²) in [5.41, 5.74) is 2.86. The third-order valence-electron chi connectivity index (χ3n) is 4.47. The van der Waals surface area contributed by atoms with Gasteiger partial charge in [-0.2, -0.15) is 0 Å². The zero-order valence-corrected chi connectivity index (χ0v) is 17.4. The van der Waals surface area contributed by atoms with Crippen molar-refractivity contribution in [2.45, 2.75) is 13.1 Å². The fraction of sp³-hybridized carbons (Fsp3) is 0.174. The third-order valence-corrected chi connectivity index (χ3v) is 4.96. The van der Waals surface area contributed by atoms with Crippen LogP contribution in [0.25, 0.3) is 0 Å². The van der Waals surface area contributed by atoms with Crippen molar-refractivity contribution in [1.29, 1.82) is 0 Å². The Hall–Kier alpha value is -2.79. The van der Waals surface area contributed by atoms with Gasteiger partial charge in [0.05, 0.1) is 13.7 Å². The predicted octanol–water partition coefficient (Wildman–Crippen LogP) is 5.14. The largest absolute Gasteiger partial charge is 0.497 e. The molecule has 0 fully saturated rings. The van der Waals surface area contributed by atoms with Gasteiger partial charge in [0.1, 0.15) is 5.75 Å². The fourth-order valence-electron chi connectivity index (χ4n) is 3.09. The normalized spacial score (nSPS) is 10.5. The monoisotopic (exact) mass is 438 g/mol. The Morgan fingerprint density at radius 3 is 2.75 bits per heavy atom. The van der Waals surface area contributed by atoms with Crippen LogP contribution in [0.4, 0.5) is 0 Å². The van der Waals surface area contributed by atoms with Crippen LogP contribution in [0.15, 0.2) is 84.0 Å². The molecule has 0 N–H and O–H groups in total. The number of benzene rings is 2. The fourth-order valence-corrected chi connectivity index (χ4v) is 3.49. The Labute approximate surface area is 174 Å². The molecular formula is C23H23BrN2O2. The summed E-state index contributed by atoms with van der Waals surface area (Å²) in [6.45, 7) is 5.51. The summed E-state index contributed by atoms with van der Waals surface area (Å²) in [7, 11) is 1.67. The van der Waals surface area contributed by atoms with E-state index in [1.165, 1.54) is 0 Å². The number of hydrogen-bond donors (Lipinski definition) is 0. The number of methoxy groups -OCH3 is 1. The number of hydrogen-bond acceptors (Lipinski definition) is 2. The highest BCUT2D eigenvalue weighted by Gasteiger charge is 2.17. The second-order valence-electron chi connectivity index (χ2n) is 6.46. The first kappa shape index (κ1) is 20.0. The summed E-state index contributed by atoms with van der Waals surface area (Å²) >= 11 is 3.43. The van der Waals surface area contributed by atoms with Crippen molar-refractivity contribution < 1.29 is 9.53 Å². The van der Waals surface area contributed by atoms with Crippen molar-refractivity contribution in [3.63, 3.8) is 0 Å². The van der Waals surface area contributed by atoms with Gasteiger partial charge in [-0.1, -0.05) is 40.2 Å². The smallest absolute Gasteiger partial charge is 0.254 e. The number of carbonyl (C=O) groups is 1. The standard InChI is InChI=1S/C23H23BrN2O2/c1-3-12-26(23(27)19-8-5-9-20(24)15-19)17-21-10-6-13-25(21)16-18-7-4-11-22(14-18)28-2/h3-11,13-15H,1,12,16-17H2,2H3. The van der Waals surface area contributed by atoms with Crippen molar-refractivity contribution in [1.82, 2.24) is 9.47 Å². The summed E-state index contributed by atoms with van der Waals surface area (Å²) in [5.74, 6) is 0.819. The SMILES string of the molecule is C=CCN(Cc1cccn1Cc1cccc(OC)c1)C(=O)c1cccc(Br)c1. The van der Waals surface area contributed by atoms with Crippen molar-refractivity contribution in [2.24, 2.45) is 0 Å². The van der Waals surface area contributed by atoms with E-state index in [0.29, 0.717) is 25.2 Å². The molecule has 4 nitrogen and oxygen atoms in total. The molecule has 0 bridgehead atoms. The molecule has 1 heterocycles. The van der Waals surface area contributed by atoms with E-state index >= 15 is 0 Å². The number of amides is 1. The van der Waals surface area contributed by atoms with Gasteiger partial charge in [0.25, 0.3) is 5.91 Å². The highest BCUT2D eigenvalue weighted by molar-refractivity contribution is 9.10. The Balaban J connectivity index is 1.80. The van der Waals surface area contributed by atoms with Crippen LogP contribution in [-0.4, -0.2) is 29.0 Å². The van der Waals surface area contributed by atoms with Crippen LogP contribution in [0.5, 0.6) is 5.75 Å². The van der Waals surface area contributed by atoms with Gasteiger partial charge in [-0.15, -0.1) is 6.58 Å². The first-order chi connectivity index (χ1) is 13.6. The number of carbonyl (C=O) groups excluding carboxylic acids is 1. The Bertz CT molecular complexity index is 964. The molecule has 3 aromatic rings. The highest BCUT2D eigenvalue weighted by Crippen LogP contribution is 2.18. The minimum Gasteiger partial charge on any atom is -0.497 e. The van der Waals surface area contributed by atoms with Crippen LogP contribution >= 0.6 is 15.9 Å². The highest BCUT2D eigenvalue weighted by atomic mass is 79.9. The van der Waals surface area contributed by atoms with Gasteiger partial charge in [-0.05, 0) is 48.0 Å². The number of ether oxygens (including phenoxy) is 1. The summed E-state index contributed by atoms with van der Waals surface area (Å²) in [6.07, 6.45) is 3.79. The maximum atomic E-state index is 13.0. The lowest BCUT2D eigenvalue weighted by molar-refractivity contribution is 0.0759. The van der Waals surface area contributed by atoms with Gasteiger partial charge in [-0.25, -0.2) is 0 Å². The van der Waals surface area contributed by atoms with Gasteiger partial charge in [0, 0.05) is 35.0 Å². The van der Waals surface area contributed by atoms with Crippen molar-refractivity contribution >= 4 is 21.8 Å². The van der Waals surface area contributed by atoms with Gasteiger partial charge < -0.3 is 14.2 Å². The number of halogens is 1. The molecule has 28 heavy (non-hydrogen) atoms. The minimum absolute atomic E-state index is 0.0182. The molecule has 0 atom stereocenters. The molecule has 144 valence electrons. The van der Waals surface area contributed by atoms with E-state index in [0.717, 1.165) is 21.5 Å². The molecule has 0 unspecified atom stereocenters. The van der Waals surface area contributed by atoms with Crippen LogP contribution in [0.2, 0.25) is 0 Å². The third kappa shape index (κ3) is 4.93. The predicted molar refractivity (Wildman–Crippen MR) is 116 cm³/mol. The summed E-state index contributed by atoms with van der Waals surface area (Å²) < 4.78 is 8.35. The van der Waals surface area contributed by atoms with Gasteiger partial charge in [0.2, 0.25) is 0 Å². The molecule has 0 spiro atoms. The zero-order valence-electron chi connectivity index (χ0n) is 15.8. The van der Waals surface area contributed by atoms with Crippen LogP contribution in [0, 0.1) is 0 Å². The summed E-state index contributed by atoms with van der Waals surface area (Å²) in [5, 5.41) is 0. The maximum absolute atomic E-state index is 13.0. The van der Waals surface area contributed by atoms with Crippen LogP contribution < -0.4 is 4.74 Å². The Morgan fingerprint density at radius 2 is 2.00 bits per heavy atom. The molecular weight excluding hydrogens is 416 g/mol. The van der Waals surface area contributed by atoms with E-state index in [2.05, 4.69) is 33.1 Å². The molecule has 3 rings (SSSR count). The Morgan fingerprint density at radius 1 is 1.18 bits per heavy atom. The molecule has 0 saturated heterocycles. The lowest BCUT2D eigenvalue weighted by Gasteiger charge is -2.22. The maximum Gasteiger partial charge on any atom is 0.254 e. The first-order valence-electron chi connectivity index (χ1n) is 9.03. The molecule has 0 saturated carbocycles. The van der Waals surface area contributed by atoms with Crippen molar-refractivity contribution in [2.75, 3.05) is 13.7 Å². The first-order valence-corrected chi connectivity index (χ1v) is 9.82. The summed E-state index contributed by atoms with van der Waals surface area (Å²) in [6, 6.07) is 19.5. The van der Waals surface area contributed by atoms with Crippen LogP contribution in [-0.2, 0) is 13.1 Å². The molecule has 0 radical (unpaired) electrons. The van der Waals surface area contributed by atoms with E-state index in [-0.39, 0.29) is 5.91 Å². The number of aromatic nitrogens is 1. The van der Waals surface area contributed by atoms with E-state index in [9.17, 15) is 4.79 Å². The molecule has 2 aromatic carbocycles. The topological polar surface area (TPSA) is 34.5 Å². The quantitative estimate of drug-likeness (QED) is 0.456. The second kappa shape index (κ2) is 9.42. The van der Waals surface area contributed by atoms with Crippen molar-refractivity contribution in [3.8, 4) is 5.75 Å². The number of nitrogens with zero attached hydrogens (tertiary/aromatic N) is 2. The second-order valence-corrected chi connectivity index (χ2v) is 7.38. The van der Waals surface area contributed by atoms with Crippen molar-refractivity contribution in [3.05, 3.63) is 101 Å². The van der Waals surface area contributed by atoms with E-state index in [4.69, 9.17) is 4.74 Å². The van der Waals surface area contributed by atoms with Gasteiger partial charge in [0.15, 0.2) is 0 Å². The molecule has 0 aliphatic carbocycles. The lowest BCUT2D eigenvalue weighted by Crippen LogP contribution is -2.31. The van der Waals surface area contributed by atoms with Gasteiger partial charge in [-0.3, -0.25) is 4.79 Å². The molecule has 1 aromatic heterocycles. The average molecular weight is 439 g/mol. The lowest BCUT2D eigenvalue weighted by atomic mass is 10.2.